The molecule has 0 radical (unpaired) electrons. The van der Waals surface area contributed by atoms with Crippen molar-refractivity contribution in [2.75, 3.05) is 9.80 Å². The molecule has 8 aromatic carbocycles. The van der Waals surface area contributed by atoms with Crippen LogP contribution in [-0.2, 0) is 27.1 Å². The average Bonchev–Trinajstić information content (AvgIpc) is 3.78. The van der Waals surface area contributed by atoms with Gasteiger partial charge in [0, 0.05) is 33.8 Å². The first-order valence-corrected chi connectivity index (χ1v) is 27.5. The SMILES string of the molecule is CC(C)(C)c1ccc2c(c1)B1c3oc4cc5c(cc4c3N(c3ccc4c(c3)C(C)(C)CCC4(C)C)c3cc(-c4ccccc4)cc(c31)N2c1cc(-c2ccccc2)cc(-c2ccccc2)c1)C1(C)CCC5(C)CC1. The van der Waals surface area contributed by atoms with E-state index in [9.17, 15) is 0 Å². The second-order valence-electron chi connectivity index (χ2n) is 25.8. The van der Waals surface area contributed by atoms with Crippen molar-refractivity contribution >= 4 is 68.4 Å². The van der Waals surface area contributed by atoms with Crippen molar-refractivity contribution in [1.82, 2.24) is 0 Å². The summed E-state index contributed by atoms with van der Waals surface area (Å²) in [5.41, 5.74) is 26.4. The number of anilines is 6. The van der Waals surface area contributed by atoms with Gasteiger partial charge in [0.25, 0.3) is 6.71 Å². The third kappa shape index (κ3) is 6.78. The van der Waals surface area contributed by atoms with Gasteiger partial charge in [0.1, 0.15) is 5.58 Å². The van der Waals surface area contributed by atoms with Crippen molar-refractivity contribution in [3.8, 4) is 33.4 Å². The highest BCUT2D eigenvalue weighted by Crippen LogP contribution is 2.59. The summed E-state index contributed by atoms with van der Waals surface area (Å²) in [4.78, 5) is 5.26. The van der Waals surface area contributed by atoms with Crippen LogP contribution in [-0.4, -0.2) is 6.71 Å². The van der Waals surface area contributed by atoms with Crippen molar-refractivity contribution in [1.29, 1.82) is 0 Å². The number of benzene rings is 8. The van der Waals surface area contributed by atoms with E-state index in [-0.39, 0.29) is 33.8 Å². The zero-order chi connectivity index (χ0) is 50.7. The molecule has 1 saturated carbocycles. The summed E-state index contributed by atoms with van der Waals surface area (Å²) >= 11 is 0. The average molecular weight is 963 g/mol. The molecule has 74 heavy (non-hydrogen) atoms. The number of hydrogen-bond donors (Lipinski definition) is 0. The minimum Gasteiger partial charge on any atom is -0.468 e. The predicted octanol–water partition coefficient (Wildman–Crippen LogP) is 17.3. The van der Waals surface area contributed by atoms with E-state index in [0.29, 0.717) is 0 Å². The maximum Gasteiger partial charge on any atom is 0.297 e. The van der Waals surface area contributed by atoms with Crippen LogP contribution in [0.1, 0.15) is 129 Å². The van der Waals surface area contributed by atoms with Crippen LogP contribution < -0.4 is 26.4 Å². The molecule has 1 fully saturated rings. The van der Waals surface area contributed by atoms with E-state index in [1.54, 1.807) is 0 Å². The largest absolute Gasteiger partial charge is 0.468 e. The number of furan rings is 1. The van der Waals surface area contributed by atoms with Gasteiger partial charge in [-0.25, -0.2) is 0 Å². The van der Waals surface area contributed by atoms with Gasteiger partial charge in [-0.3, -0.25) is 0 Å². The molecule has 0 N–H and O–H groups in total. The molecule has 4 heteroatoms. The number of hydrogen-bond acceptors (Lipinski definition) is 3. The van der Waals surface area contributed by atoms with Crippen molar-refractivity contribution < 1.29 is 4.42 Å². The van der Waals surface area contributed by atoms with Crippen molar-refractivity contribution in [3.63, 3.8) is 0 Å². The van der Waals surface area contributed by atoms with Crippen LogP contribution in [0.4, 0.5) is 34.1 Å². The summed E-state index contributed by atoms with van der Waals surface area (Å²) < 4.78 is 7.76. The Balaban J connectivity index is 1.13. The van der Waals surface area contributed by atoms with Crippen LogP contribution in [0.2, 0.25) is 0 Å². The number of fused-ring (bicyclic) bond motifs is 9. The Morgan fingerprint density at radius 2 is 0.959 bits per heavy atom. The zero-order valence-corrected chi connectivity index (χ0v) is 44.8. The van der Waals surface area contributed by atoms with E-state index in [1.165, 1.54) is 138 Å². The van der Waals surface area contributed by atoms with E-state index < -0.39 is 0 Å². The Morgan fingerprint density at radius 1 is 0.432 bits per heavy atom. The Bertz CT molecular complexity index is 3700. The summed E-state index contributed by atoms with van der Waals surface area (Å²) in [7, 11) is 0. The topological polar surface area (TPSA) is 19.6 Å². The first-order chi connectivity index (χ1) is 35.5. The molecular weight excluding hydrogens is 896 g/mol. The van der Waals surface area contributed by atoms with Crippen LogP contribution in [0.5, 0.6) is 0 Å². The molecule has 4 aliphatic carbocycles. The maximum atomic E-state index is 7.76. The number of nitrogens with zero attached hydrogens (tertiary/aromatic N) is 2. The van der Waals surface area contributed by atoms with Crippen molar-refractivity contribution in [2.45, 2.75) is 128 Å². The molecule has 1 aromatic heterocycles. The standard InChI is InChI=1S/C70H67BN2O/c1-66(2,3)50-25-28-59-58(40-50)71-63-60(72(59)52-36-47(44-19-13-10-14-20-44)35-48(37-52)45-21-15-11-16-22-45)38-49(46-23-17-12-18-24-46)39-61(63)73(51-26-27-54-55(41-51)68(6,7)30-29-67(54,4)5)64-53-42-56-57(43-62(53)74-65(64)71)70(9)33-31-69(56,8)32-34-70/h10-28,35-43H,29-34H2,1-9H3. The van der Waals surface area contributed by atoms with E-state index in [1.807, 2.05) is 0 Å². The van der Waals surface area contributed by atoms with Gasteiger partial charge < -0.3 is 14.2 Å². The zero-order valence-electron chi connectivity index (χ0n) is 44.8. The number of rotatable bonds is 5. The summed E-state index contributed by atoms with van der Waals surface area (Å²) in [5, 5.41) is 1.23. The molecule has 3 nitrogen and oxygen atoms in total. The van der Waals surface area contributed by atoms with Gasteiger partial charge in [0.15, 0.2) is 0 Å². The minimum absolute atomic E-state index is 0.0213. The Kier molecular flexibility index (Phi) is 9.70. The lowest BCUT2D eigenvalue weighted by Crippen LogP contribution is -2.61. The summed E-state index contributed by atoms with van der Waals surface area (Å²) in [5.74, 6) is 0. The summed E-state index contributed by atoms with van der Waals surface area (Å²) in [6, 6.07) is 65.1. The minimum atomic E-state index is -0.171. The highest BCUT2D eigenvalue weighted by atomic mass is 16.3. The molecule has 3 heterocycles. The van der Waals surface area contributed by atoms with Gasteiger partial charge in [-0.15, -0.1) is 0 Å². The molecule has 9 aromatic rings. The van der Waals surface area contributed by atoms with E-state index in [0.717, 1.165) is 23.4 Å². The quantitative estimate of drug-likeness (QED) is 0.160. The van der Waals surface area contributed by atoms with Gasteiger partial charge >= 0.3 is 0 Å². The molecule has 2 bridgehead atoms. The fraction of sp³-hybridized carbons (Fsp3) is 0.286. The van der Waals surface area contributed by atoms with Crippen molar-refractivity contribution in [2.24, 2.45) is 0 Å². The molecule has 0 spiro atoms. The van der Waals surface area contributed by atoms with Gasteiger partial charge in [-0.1, -0.05) is 172 Å². The first kappa shape index (κ1) is 45.6. The lowest BCUT2D eigenvalue weighted by atomic mass is 9.35. The van der Waals surface area contributed by atoms with E-state index >= 15 is 0 Å². The molecule has 2 aliphatic heterocycles. The smallest absolute Gasteiger partial charge is 0.297 e. The Hall–Kier alpha value is -7.04. The third-order valence-electron chi connectivity index (χ3n) is 19.0. The van der Waals surface area contributed by atoms with E-state index in [2.05, 4.69) is 242 Å². The summed E-state index contributed by atoms with van der Waals surface area (Å²) in [6.07, 6.45) is 7.24. The third-order valence-corrected chi connectivity index (χ3v) is 19.0. The Labute approximate surface area is 439 Å². The lowest BCUT2D eigenvalue weighted by molar-refractivity contribution is 0.188. The molecular formula is C70H67BN2O. The van der Waals surface area contributed by atoms with Gasteiger partial charge in [0.2, 0.25) is 0 Å². The molecule has 0 saturated heterocycles. The van der Waals surface area contributed by atoms with Crippen molar-refractivity contribution in [3.05, 3.63) is 198 Å². The fourth-order valence-electron chi connectivity index (χ4n) is 14.3. The highest BCUT2D eigenvalue weighted by molar-refractivity contribution is 7.00. The predicted molar refractivity (Wildman–Crippen MR) is 314 cm³/mol. The van der Waals surface area contributed by atoms with E-state index in [4.69, 9.17) is 4.42 Å². The first-order valence-electron chi connectivity index (χ1n) is 27.5. The summed E-state index contributed by atoms with van der Waals surface area (Å²) in [6.45, 7) is 21.8. The van der Waals surface area contributed by atoms with Gasteiger partial charge in [-0.2, -0.15) is 0 Å². The lowest BCUT2D eigenvalue weighted by Gasteiger charge is -2.52. The highest BCUT2D eigenvalue weighted by Gasteiger charge is 2.51. The van der Waals surface area contributed by atoms with Gasteiger partial charge in [-0.05, 0) is 198 Å². The van der Waals surface area contributed by atoms with Crippen LogP contribution in [0, 0.1) is 0 Å². The van der Waals surface area contributed by atoms with Crippen LogP contribution >= 0.6 is 0 Å². The Morgan fingerprint density at radius 3 is 1.53 bits per heavy atom. The van der Waals surface area contributed by atoms with Crippen LogP contribution in [0.15, 0.2) is 174 Å². The molecule has 0 unspecified atom stereocenters. The molecule has 6 aliphatic rings. The normalized spacial score (nSPS) is 20.7. The second-order valence-corrected chi connectivity index (χ2v) is 25.8. The molecule has 366 valence electrons. The van der Waals surface area contributed by atoms with Crippen LogP contribution in [0.3, 0.4) is 0 Å². The monoisotopic (exact) mass is 963 g/mol. The molecule has 15 rings (SSSR count). The molecule has 0 amide bonds. The van der Waals surface area contributed by atoms with Gasteiger partial charge in [0.05, 0.1) is 11.3 Å². The maximum absolute atomic E-state index is 7.76. The fourth-order valence-corrected chi connectivity index (χ4v) is 14.3. The second kappa shape index (κ2) is 15.7. The van der Waals surface area contributed by atoms with Crippen LogP contribution in [0.25, 0.3) is 44.3 Å². The molecule has 0 atom stereocenters.